The third-order valence-corrected chi connectivity index (χ3v) is 4.27. The smallest absolute Gasteiger partial charge is 0.223 e. The fourth-order valence-electron chi connectivity index (χ4n) is 2.36. The van der Waals surface area contributed by atoms with Crippen molar-refractivity contribution >= 4 is 33.3 Å². The van der Waals surface area contributed by atoms with Crippen LogP contribution in [0.15, 0.2) is 6.07 Å². The van der Waals surface area contributed by atoms with Gasteiger partial charge in [-0.2, -0.15) is 4.98 Å². The van der Waals surface area contributed by atoms with Gasteiger partial charge in [-0.1, -0.05) is 13.8 Å². The Morgan fingerprint density at radius 3 is 2.63 bits per heavy atom. The first kappa shape index (κ1) is 14.1. The van der Waals surface area contributed by atoms with Crippen LogP contribution in [0.2, 0.25) is 0 Å². The molecular formula is C14H22N4S. The van der Waals surface area contributed by atoms with Gasteiger partial charge in [0.15, 0.2) is 0 Å². The highest BCUT2D eigenvalue weighted by atomic mass is 32.1. The third-order valence-electron chi connectivity index (χ3n) is 3.32. The van der Waals surface area contributed by atoms with E-state index in [2.05, 4.69) is 55.7 Å². The predicted octanol–water partition coefficient (Wildman–Crippen LogP) is 3.45. The minimum atomic E-state index is 0.355. The van der Waals surface area contributed by atoms with Gasteiger partial charge in [0, 0.05) is 18.0 Å². The second kappa shape index (κ2) is 5.33. The first-order valence-corrected chi connectivity index (χ1v) is 7.46. The number of nitrogens with two attached hydrogens (primary N) is 1. The molecule has 1 unspecified atom stereocenters. The Labute approximate surface area is 118 Å². The van der Waals surface area contributed by atoms with Crippen LogP contribution >= 0.6 is 11.3 Å². The molecule has 0 aliphatic heterocycles. The van der Waals surface area contributed by atoms with Gasteiger partial charge in [0.1, 0.15) is 10.6 Å². The molecule has 2 heterocycles. The highest BCUT2D eigenvalue weighted by Gasteiger charge is 2.18. The van der Waals surface area contributed by atoms with Crippen LogP contribution in [0.1, 0.15) is 32.1 Å². The Morgan fingerprint density at radius 1 is 1.32 bits per heavy atom. The zero-order chi connectivity index (χ0) is 14.2. The number of hydrogen-bond donors (Lipinski definition) is 1. The highest BCUT2D eigenvalue weighted by Crippen LogP contribution is 2.32. The molecule has 1 atom stereocenters. The van der Waals surface area contributed by atoms with Gasteiger partial charge in [0.25, 0.3) is 0 Å². The maximum atomic E-state index is 5.83. The Bertz CT molecular complexity index is 576. The maximum Gasteiger partial charge on any atom is 0.223 e. The summed E-state index contributed by atoms with van der Waals surface area (Å²) in [4.78, 5) is 13.2. The molecule has 2 aromatic rings. The molecule has 5 heteroatoms. The van der Waals surface area contributed by atoms with Gasteiger partial charge in [-0.25, -0.2) is 4.98 Å². The van der Waals surface area contributed by atoms with Crippen molar-refractivity contribution in [1.82, 2.24) is 9.97 Å². The number of nitrogen functional groups attached to an aromatic ring is 1. The molecule has 0 spiro atoms. The number of rotatable bonds is 4. The van der Waals surface area contributed by atoms with E-state index < -0.39 is 0 Å². The molecule has 0 saturated carbocycles. The van der Waals surface area contributed by atoms with Gasteiger partial charge in [-0.05, 0) is 32.3 Å². The van der Waals surface area contributed by atoms with Crippen LogP contribution in [-0.4, -0.2) is 23.1 Å². The van der Waals surface area contributed by atoms with E-state index in [0.29, 0.717) is 17.9 Å². The molecule has 0 aliphatic carbocycles. The molecule has 0 bridgehead atoms. The van der Waals surface area contributed by atoms with Crippen molar-refractivity contribution < 1.29 is 0 Å². The Kier molecular flexibility index (Phi) is 3.94. The van der Waals surface area contributed by atoms with Crippen molar-refractivity contribution in [2.45, 2.75) is 40.2 Å². The maximum absolute atomic E-state index is 5.83. The van der Waals surface area contributed by atoms with Crippen LogP contribution in [0.4, 0.5) is 11.8 Å². The van der Waals surface area contributed by atoms with E-state index in [4.69, 9.17) is 5.73 Å². The molecule has 0 saturated heterocycles. The van der Waals surface area contributed by atoms with Gasteiger partial charge < -0.3 is 10.6 Å². The molecule has 104 valence electrons. The number of thiophene rings is 1. The van der Waals surface area contributed by atoms with Gasteiger partial charge in [-0.15, -0.1) is 11.3 Å². The molecule has 2 aromatic heterocycles. The molecule has 2 N–H and O–H groups in total. The lowest BCUT2D eigenvalue weighted by Crippen LogP contribution is -2.31. The second-order valence-electron chi connectivity index (χ2n) is 5.57. The van der Waals surface area contributed by atoms with Crippen molar-refractivity contribution in [3.63, 3.8) is 0 Å². The van der Waals surface area contributed by atoms with Crippen molar-refractivity contribution in [3.8, 4) is 0 Å². The Morgan fingerprint density at radius 2 is 2.00 bits per heavy atom. The number of aryl methyl sites for hydroxylation is 1. The normalized spacial score (nSPS) is 13.2. The fraction of sp³-hybridized carbons (Fsp3) is 0.571. The molecule has 0 radical (unpaired) electrons. The Balaban J connectivity index is 2.43. The number of nitrogens with zero attached hydrogens (tertiary/aromatic N) is 3. The predicted molar refractivity (Wildman–Crippen MR) is 83.9 cm³/mol. The number of anilines is 2. The number of fused-ring (bicyclic) bond motifs is 1. The fourth-order valence-corrected chi connectivity index (χ4v) is 3.24. The summed E-state index contributed by atoms with van der Waals surface area (Å²) >= 11 is 1.67. The summed E-state index contributed by atoms with van der Waals surface area (Å²) in [6, 6.07) is 2.57. The third kappa shape index (κ3) is 2.97. The molecule has 0 aliphatic rings. The lowest BCUT2D eigenvalue weighted by Gasteiger charge is -2.27. The minimum absolute atomic E-state index is 0.355. The van der Waals surface area contributed by atoms with E-state index >= 15 is 0 Å². The number of hydrogen-bond acceptors (Lipinski definition) is 5. The molecule has 0 amide bonds. The van der Waals surface area contributed by atoms with Crippen molar-refractivity contribution in [3.05, 3.63) is 10.9 Å². The summed E-state index contributed by atoms with van der Waals surface area (Å²) in [5, 5.41) is 1.11. The average Bonchev–Trinajstić information content (AvgIpc) is 2.66. The van der Waals surface area contributed by atoms with Gasteiger partial charge in [0.2, 0.25) is 5.95 Å². The molecule has 0 aromatic carbocycles. The molecular weight excluding hydrogens is 256 g/mol. The van der Waals surface area contributed by atoms with E-state index in [-0.39, 0.29) is 0 Å². The molecule has 19 heavy (non-hydrogen) atoms. The van der Waals surface area contributed by atoms with E-state index in [1.807, 2.05) is 0 Å². The zero-order valence-electron chi connectivity index (χ0n) is 12.3. The minimum Gasteiger partial charge on any atom is -0.368 e. The van der Waals surface area contributed by atoms with Gasteiger partial charge in [-0.3, -0.25) is 0 Å². The van der Waals surface area contributed by atoms with Crippen molar-refractivity contribution in [2.24, 2.45) is 5.92 Å². The van der Waals surface area contributed by atoms with E-state index in [1.165, 1.54) is 4.88 Å². The molecule has 4 nitrogen and oxygen atoms in total. The summed E-state index contributed by atoms with van der Waals surface area (Å²) in [5.41, 5.74) is 5.83. The highest BCUT2D eigenvalue weighted by molar-refractivity contribution is 7.18. The second-order valence-corrected chi connectivity index (χ2v) is 6.81. The SMILES string of the molecule is Cc1cc2c(N(C)C(C)CC(C)C)nc(N)nc2s1. The van der Waals surface area contributed by atoms with E-state index in [9.17, 15) is 0 Å². The quantitative estimate of drug-likeness (QED) is 0.930. The summed E-state index contributed by atoms with van der Waals surface area (Å²) in [7, 11) is 2.08. The van der Waals surface area contributed by atoms with Crippen LogP contribution in [-0.2, 0) is 0 Å². The number of aromatic nitrogens is 2. The van der Waals surface area contributed by atoms with Crippen molar-refractivity contribution in [1.29, 1.82) is 0 Å². The molecule has 0 fully saturated rings. The first-order chi connectivity index (χ1) is 8.88. The monoisotopic (exact) mass is 278 g/mol. The summed E-state index contributed by atoms with van der Waals surface area (Å²) in [6.07, 6.45) is 1.13. The first-order valence-electron chi connectivity index (χ1n) is 6.65. The van der Waals surface area contributed by atoms with Crippen molar-refractivity contribution in [2.75, 3.05) is 17.7 Å². The van der Waals surface area contributed by atoms with Crippen LogP contribution < -0.4 is 10.6 Å². The largest absolute Gasteiger partial charge is 0.368 e. The van der Waals surface area contributed by atoms with Crippen LogP contribution in [0.5, 0.6) is 0 Å². The summed E-state index contributed by atoms with van der Waals surface area (Å²) < 4.78 is 0. The van der Waals surface area contributed by atoms with E-state index in [1.54, 1.807) is 11.3 Å². The summed E-state index contributed by atoms with van der Waals surface area (Å²) in [6.45, 7) is 8.79. The lowest BCUT2D eigenvalue weighted by molar-refractivity contribution is 0.503. The van der Waals surface area contributed by atoms with E-state index in [0.717, 1.165) is 22.5 Å². The van der Waals surface area contributed by atoms with Gasteiger partial charge >= 0.3 is 0 Å². The van der Waals surface area contributed by atoms with Gasteiger partial charge in [0.05, 0.1) is 5.39 Å². The lowest BCUT2D eigenvalue weighted by atomic mass is 10.0. The van der Waals surface area contributed by atoms with Crippen LogP contribution in [0.25, 0.3) is 10.2 Å². The standard InChI is InChI=1S/C14H22N4S/c1-8(2)6-9(3)18(5)12-11-7-10(4)19-13(11)17-14(15)16-12/h7-9H,6H2,1-5H3,(H2,15,16,17). The zero-order valence-corrected chi connectivity index (χ0v) is 13.1. The van der Waals surface area contributed by atoms with Crippen LogP contribution in [0, 0.1) is 12.8 Å². The topological polar surface area (TPSA) is 55.0 Å². The van der Waals surface area contributed by atoms with Crippen LogP contribution in [0.3, 0.4) is 0 Å². The molecule has 2 rings (SSSR count). The average molecular weight is 278 g/mol. The summed E-state index contributed by atoms with van der Waals surface area (Å²) in [5.74, 6) is 1.96. The Hall–Kier alpha value is -1.36.